The Balaban J connectivity index is 2.57. The van der Waals surface area contributed by atoms with E-state index in [2.05, 4.69) is 30.7 Å². The van der Waals surface area contributed by atoms with Crippen molar-refractivity contribution < 1.29 is 54.6 Å². The third-order valence-corrected chi connectivity index (χ3v) is 4.04. The van der Waals surface area contributed by atoms with Crippen LogP contribution in [0.1, 0.15) is 21.7 Å². The molecule has 0 aliphatic carbocycles. The van der Waals surface area contributed by atoms with Gasteiger partial charge in [0.15, 0.2) is 5.69 Å². The van der Waals surface area contributed by atoms with Gasteiger partial charge in [0, 0.05) is 7.05 Å². The number of halogens is 9. The lowest BCUT2D eigenvalue weighted by molar-refractivity contribution is -0.292. The molecular weight excluding hydrogens is 520 g/mol. The van der Waals surface area contributed by atoms with Crippen LogP contribution >= 0.6 is 15.9 Å². The molecule has 0 aromatic carbocycles. The Kier molecular flexibility index (Phi) is 6.22. The molecule has 0 bridgehead atoms. The average molecular weight is 527 g/mol. The van der Waals surface area contributed by atoms with E-state index in [1.165, 1.54) is 0 Å². The van der Waals surface area contributed by atoms with E-state index in [0.29, 0.717) is 7.05 Å². The van der Waals surface area contributed by atoms with Crippen LogP contribution in [-0.4, -0.2) is 38.1 Å². The first-order valence-electron chi connectivity index (χ1n) is 7.44. The largest absolute Gasteiger partial charge is 0.512 e. The molecule has 2 aromatic rings. The minimum Gasteiger partial charge on any atom is -0.449 e. The zero-order valence-corrected chi connectivity index (χ0v) is 16.2. The number of hydrogen-bond acceptors (Lipinski definition) is 5. The van der Waals surface area contributed by atoms with Gasteiger partial charge < -0.3 is 15.2 Å². The fraction of sp³-hybridized carbons (Fsp3) is 0.286. The number of aryl methyl sites for hydroxylation is 1. The number of hydrogen-bond donors (Lipinski definition) is 2. The molecule has 0 saturated carbocycles. The van der Waals surface area contributed by atoms with Crippen molar-refractivity contribution in [2.24, 2.45) is 7.05 Å². The predicted octanol–water partition coefficient (Wildman–Crippen LogP) is 4.56. The number of alkyl halides is 8. The highest BCUT2D eigenvalue weighted by atomic mass is 79.9. The number of anilines is 1. The zero-order chi connectivity index (χ0) is 23.9. The number of nitrogens with one attached hydrogen (secondary N) is 1. The molecule has 170 valence electrons. The van der Waals surface area contributed by atoms with Crippen LogP contribution < -0.4 is 10.1 Å². The molecule has 2 rings (SSSR count). The van der Waals surface area contributed by atoms with Crippen LogP contribution in [0.5, 0.6) is 5.88 Å². The lowest BCUT2D eigenvalue weighted by atomic mass is 10.1. The van der Waals surface area contributed by atoms with Gasteiger partial charge in [-0.3, -0.25) is 9.48 Å². The molecule has 2 aromatic heterocycles. The van der Waals surface area contributed by atoms with Crippen LogP contribution in [-0.2, 0) is 19.1 Å². The van der Waals surface area contributed by atoms with E-state index in [1.807, 2.05) is 0 Å². The topological polar surface area (TPSA) is 106 Å². The van der Waals surface area contributed by atoms with E-state index in [4.69, 9.17) is 5.11 Å². The second-order valence-corrected chi connectivity index (χ2v) is 6.43. The SMILES string of the molecule is Cn1nc(C(F)(F)C(F)(F)F)c(C(F)(F)F)c1C(=O)Nc1ccc(Br)c(OC(=O)O)n1. The van der Waals surface area contributed by atoms with Crippen LogP contribution in [0.2, 0.25) is 0 Å². The van der Waals surface area contributed by atoms with Gasteiger partial charge >= 0.3 is 24.4 Å². The number of carboxylic acid groups (broad SMARTS) is 1. The number of pyridine rings is 1. The summed E-state index contributed by atoms with van der Waals surface area (Å²) in [6, 6.07) is 2.02. The van der Waals surface area contributed by atoms with Crippen molar-refractivity contribution in [3.8, 4) is 5.88 Å². The van der Waals surface area contributed by atoms with Crippen molar-refractivity contribution in [3.05, 3.63) is 33.6 Å². The molecule has 0 aliphatic rings. The molecule has 0 radical (unpaired) electrons. The quantitative estimate of drug-likeness (QED) is 0.447. The van der Waals surface area contributed by atoms with E-state index in [-0.39, 0.29) is 9.15 Å². The van der Waals surface area contributed by atoms with Gasteiger partial charge in [0.05, 0.1) is 4.47 Å². The molecule has 8 nitrogen and oxygen atoms in total. The number of ether oxygens (including phenoxy) is 1. The second kappa shape index (κ2) is 7.93. The van der Waals surface area contributed by atoms with Gasteiger partial charge in [-0.1, -0.05) is 0 Å². The maximum absolute atomic E-state index is 13.6. The molecule has 31 heavy (non-hydrogen) atoms. The van der Waals surface area contributed by atoms with Crippen molar-refractivity contribution in [1.82, 2.24) is 14.8 Å². The minimum absolute atomic E-state index is 0.0449. The van der Waals surface area contributed by atoms with Gasteiger partial charge in [0.2, 0.25) is 5.88 Å². The third-order valence-electron chi connectivity index (χ3n) is 3.44. The normalized spacial score (nSPS) is 12.6. The monoisotopic (exact) mass is 526 g/mol. The van der Waals surface area contributed by atoms with Crippen molar-refractivity contribution in [3.63, 3.8) is 0 Å². The van der Waals surface area contributed by atoms with Crippen molar-refractivity contribution in [2.45, 2.75) is 18.3 Å². The number of amides is 1. The highest BCUT2D eigenvalue weighted by molar-refractivity contribution is 9.10. The van der Waals surface area contributed by atoms with E-state index in [1.54, 1.807) is 5.32 Å². The zero-order valence-electron chi connectivity index (χ0n) is 14.6. The van der Waals surface area contributed by atoms with Gasteiger partial charge in [0.1, 0.15) is 17.1 Å². The van der Waals surface area contributed by atoms with Gasteiger partial charge in [-0.25, -0.2) is 4.79 Å². The maximum atomic E-state index is 13.6. The third kappa shape index (κ3) is 4.86. The van der Waals surface area contributed by atoms with Gasteiger partial charge in [-0.05, 0) is 28.1 Å². The Morgan fingerprint density at radius 3 is 2.19 bits per heavy atom. The smallest absolute Gasteiger partial charge is 0.449 e. The Bertz CT molecular complexity index is 1030. The van der Waals surface area contributed by atoms with Gasteiger partial charge in [-0.15, -0.1) is 0 Å². The number of nitrogens with zero attached hydrogens (tertiary/aromatic N) is 3. The molecular formula is C14H7BrF8N4O4. The molecule has 0 atom stereocenters. The molecule has 0 fully saturated rings. The summed E-state index contributed by atoms with van der Waals surface area (Å²) in [4.78, 5) is 26.4. The van der Waals surface area contributed by atoms with E-state index in [9.17, 15) is 44.7 Å². The number of rotatable bonds is 4. The summed E-state index contributed by atoms with van der Waals surface area (Å²) in [6.45, 7) is 0. The first-order chi connectivity index (χ1) is 14.0. The molecule has 0 saturated heterocycles. The Hall–Kier alpha value is -2.98. The molecule has 2 heterocycles. The molecule has 2 N–H and O–H groups in total. The van der Waals surface area contributed by atoms with Crippen LogP contribution in [0.15, 0.2) is 16.6 Å². The highest BCUT2D eigenvalue weighted by Crippen LogP contribution is 2.48. The van der Waals surface area contributed by atoms with Crippen LogP contribution in [0.3, 0.4) is 0 Å². The first kappa shape index (κ1) is 24.3. The fourth-order valence-corrected chi connectivity index (χ4v) is 2.53. The van der Waals surface area contributed by atoms with E-state index >= 15 is 0 Å². The summed E-state index contributed by atoms with van der Waals surface area (Å²) in [7, 11) is 0.550. The average Bonchev–Trinajstić information content (AvgIpc) is 2.94. The Morgan fingerprint density at radius 1 is 1.13 bits per heavy atom. The van der Waals surface area contributed by atoms with E-state index < -0.39 is 59.0 Å². The van der Waals surface area contributed by atoms with Crippen molar-refractivity contribution in [1.29, 1.82) is 0 Å². The number of carbonyl (C=O) groups excluding carboxylic acids is 1. The summed E-state index contributed by atoms with van der Waals surface area (Å²) in [5.74, 6) is -9.08. The maximum Gasteiger partial charge on any atom is 0.512 e. The standard InChI is InChI=1S/C14H7BrF8N4O4/c1-27-7(6(13(18,19)20)8(26-27)12(16,17)14(21,22)23)9(28)24-5-3-2-4(15)10(25-5)31-11(29)30/h2-3H,1H3,(H,29,30)(H,24,25,28). The summed E-state index contributed by atoms with van der Waals surface area (Å²) < 4.78 is 109. The molecule has 0 spiro atoms. The molecule has 0 aliphatic heterocycles. The predicted molar refractivity (Wildman–Crippen MR) is 86.7 cm³/mol. The summed E-state index contributed by atoms with van der Waals surface area (Å²) >= 11 is 2.85. The van der Waals surface area contributed by atoms with Crippen LogP contribution in [0.25, 0.3) is 0 Å². The first-order valence-corrected chi connectivity index (χ1v) is 8.24. The Morgan fingerprint density at radius 2 is 1.71 bits per heavy atom. The molecule has 1 amide bonds. The summed E-state index contributed by atoms with van der Waals surface area (Å²) in [6.07, 6.45) is -14.1. The van der Waals surface area contributed by atoms with Crippen LogP contribution in [0, 0.1) is 0 Å². The van der Waals surface area contributed by atoms with Gasteiger partial charge in [0.25, 0.3) is 5.91 Å². The second-order valence-electron chi connectivity index (χ2n) is 5.57. The van der Waals surface area contributed by atoms with Crippen molar-refractivity contribution >= 4 is 33.8 Å². The fourth-order valence-electron chi connectivity index (χ4n) is 2.23. The lowest BCUT2D eigenvalue weighted by Crippen LogP contribution is -2.36. The summed E-state index contributed by atoms with van der Waals surface area (Å²) in [5, 5.41) is 12.9. The number of carbonyl (C=O) groups is 2. The minimum atomic E-state index is -6.43. The lowest BCUT2D eigenvalue weighted by Gasteiger charge is -2.19. The van der Waals surface area contributed by atoms with Crippen LogP contribution in [0.4, 0.5) is 45.7 Å². The van der Waals surface area contributed by atoms with Crippen molar-refractivity contribution in [2.75, 3.05) is 5.32 Å². The van der Waals surface area contributed by atoms with E-state index in [0.717, 1.165) is 12.1 Å². The van der Waals surface area contributed by atoms with Gasteiger partial charge in [-0.2, -0.15) is 45.2 Å². The summed E-state index contributed by atoms with van der Waals surface area (Å²) in [5.41, 5.74) is -6.98. The molecule has 17 heteroatoms. The Labute approximate surface area is 173 Å². The highest BCUT2D eigenvalue weighted by Gasteiger charge is 2.64. The number of aromatic nitrogens is 3. The molecule has 0 unspecified atom stereocenters.